The molecule has 0 unspecified atom stereocenters. The Morgan fingerprint density at radius 2 is 2.13 bits per heavy atom. The van der Waals surface area contributed by atoms with Gasteiger partial charge < -0.3 is 0 Å². The number of hydrogen-bond acceptors (Lipinski definition) is 2. The second-order valence-electron chi connectivity index (χ2n) is 2.73. The van der Waals surface area contributed by atoms with E-state index in [0.717, 1.165) is 6.20 Å². The van der Waals surface area contributed by atoms with E-state index in [9.17, 15) is 13.2 Å². The Labute approximate surface area is 89.3 Å². The molecule has 0 bridgehead atoms. The lowest BCUT2D eigenvalue weighted by Gasteiger charge is -2.10. The number of halogens is 4. The molecule has 1 heterocycles. The van der Waals surface area contributed by atoms with E-state index in [4.69, 9.17) is 16.9 Å². The maximum Gasteiger partial charge on any atom is 0.265 e. The fourth-order valence-corrected chi connectivity index (χ4v) is 1.46. The summed E-state index contributed by atoms with van der Waals surface area (Å²) >= 11 is 5.42. The highest BCUT2D eigenvalue weighted by Crippen LogP contribution is 2.27. The van der Waals surface area contributed by atoms with Crippen molar-refractivity contribution in [2.24, 2.45) is 0 Å². The first-order chi connectivity index (χ1) is 7.11. The van der Waals surface area contributed by atoms with E-state index in [-0.39, 0.29) is 23.4 Å². The van der Waals surface area contributed by atoms with Crippen molar-refractivity contribution in [3.63, 3.8) is 0 Å². The van der Waals surface area contributed by atoms with Gasteiger partial charge in [0.1, 0.15) is 0 Å². The first kappa shape index (κ1) is 11.8. The van der Waals surface area contributed by atoms with Gasteiger partial charge in [0.05, 0.1) is 18.4 Å². The van der Waals surface area contributed by atoms with Crippen LogP contribution in [-0.4, -0.2) is 4.98 Å². The summed E-state index contributed by atoms with van der Waals surface area (Å²) in [6.07, 6.45) is -2.35. The van der Waals surface area contributed by atoms with Crippen molar-refractivity contribution in [2.75, 3.05) is 0 Å². The predicted molar refractivity (Wildman–Crippen MR) is 48.0 cm³/mol. The molecule has 0 aliphatic heterocycles. The summed E-state index contributed by atoms with van der Waals surface area (Å²) in [5.74, 6) is -1.18. The number of alkyl halides is 3. The van der Waals surface area contributed by atoms with Crippen LogP contribution in [0.4, 0.5) is 13.2 Å². The highest BCUT2D eigenvalue weighted by atomic mass is 35.5. The first-order valence-corrected chi connectivity index (χ1v) is 4.52. The van der Waals surface area contributed by atoms with Crippen LogP contribution in [0.3, 0.4) is 0 Å². The van der Waals surface area contributed by atoms with Crippen LogP contribution in [0.15, 0.2) is 6.20 Å². The Morgan fingerprint density at radius 3 is 2.60 bits per heavy atom. The van der Waals surface area contributed by atoms with Gasteiger partial charge in [0, 0.05) is 17.3 Å². The minimum absolute atomic E-state index is 0.0602. The van der Waals surface area contributed by atoms with Crippen molar-refractivity contribution >= 4 is 11.6 Å². The molecule has 0 saturated heterocycles. The van der Waals surface area contributed by atoms with Gasteiger partial charge in [0.2, 0.25) is 5.95 Å². The molecule has 0 aromatic carbocycles. The lowest BCUT2D eigenvalue weighted by Crippen LogP contribution is -2.04. The predicted octanol–water partition coefficient (Wildman–Crippen LogP) is 2.96. The number of pyridine rings is 1. The topological polar surface area (TPSA) is 36.7 Å². The van der Waals surface area contributed by atoms with Gasteiger partial charge >= 0.3 is 0 Å². The van der Waals surface area contributed by atoms with Gasteiger partial charge in [-0.3, -0.25) is 0 Å². The maximum atomic E-state index is 13.1. The molecule has 1 aromatic rings. The van der Waals surface area contributed by atoms with Gasteiger partial charge in [-0.1, -0.05) is 0 Å². The van der Waals surface area contributed by atoms with Crippen molar-refractivity contribution in [3.8, 4) is 6.07 Å². The van der Waals surface area contributed by atoms with E-state index in [2.05, 4.69) is 4.98 Å². The highest BCUT2D eigenvalue weighted by Gasteiger charge is 2.19. The van der Waals surface area contributed by atoms with E-state index in [1.54, 1.807) is 6.07 Å². The van der Waals surface area contributed by atoms with Gasteiger partial charge in [-0.25, -0.2) is 13.8 Å². The van der Waals surface area contributed by atoms with Crippen molar-refractivity contribution in [1.82, 2.24) is 4.98 Å². The van der Waals surface area contributed by atoms with E-state index < -0.39 is 17.9 Å². The smallest absolute Gasteiger partial charge is 0.228 e. The second-order valence-corrected chi connectivity index (χ2v) is 3.00. The minimum atomic E-state index is -2.79. The van der Waals surface area contributed by atoms with Crippen LogP contribution in [0.1, 0.15) is 23.1 Å². The molecule has 2 nitrogen and oxygen atoms in total. The van der Waals surface area contributed by atoms with Crippen LogP contribution in [0.25, 0.3) is 0 Å². The summed E-state index contributed by atoms with van der Waals surface area (Å²) in [4.78, 5) is 3.17. The molecule has 0 saturated carbocycles. The third-order valence-electron chi connectivity index (χ3n) is 1.90. The number of rotatable bonds is 3. The Bertz CT molecular complexity index is 401. The quantitative estimate of drug-likeness (QED) is 0.596. The van der Waals surface area contributed by atoms with Crippen LogP contribution in [0.2, 0.25) is 0 Å². The van der Waals surface area contributed by atoms with E-state index in [1.165, 1.54) is 0 Å². The summed E-state index contributed by atoms with van der Waals surface area (Å²) in [6, 6.07) is 1.69. The fourth-order valence-electron chi connectivity index (χ4n) is 1.19. The van der Waals surface area contributed by atoms with E-state index in [1.807, 2.05) is 0 Å². The van der Waals surface area contributed by atoms with Crippen LogP contribution in [-0.2, 0) is 12.3 Å². The van der Waals surface area contributed by atoms with Gasteiger partial charge in [0.25, 0.3) is 6.43 Å². The molecule has 0 fully saturated rings. The summed E-state index contributed by atoms with van der Waals surface area (Å²) in [6.45, 7) is 0. The molecule has 0 atom stereocenters. The van der Waals surface area contributed by atoms with E-state index >= 15 is 0 Å². The summed E-state index contributed by atoms with van der Waals surface area (Å²) in [5.41, 5.74) is -0.625. The minimum Gasteiger partial charge on any atom is -0.228 e. The van der Waals surface area contributed by atoms with Crippen molar-refractivity contribution < 1.29 is 13.2 Å². The second kappa shape index (κ2) is 4.99. The molecule has 0 N–H and O–H groups in total. The van der Waals surface area contributed by atoms with Gasteiger partial charge in [-0.15, -0.1) is 11.6 Å². The third kappa shape index (κ3) is 2.39. The first-order valence-electron chi connectivity index (χ1n) is 3.99. The Balaban J connectivity index is 3.36. The molecular formula is C9H6ClF3N2. The van der Waals surface area contributed by atoms with E-state index in [0.29, 0.717) is 0 Å². The highest BCUT2D eigenvalue weighted by molar-refractivity contribution is 6.17. The lowest BCUT2D eigenvalue weighted by molar-refractivity contribution is 0.149. The molecule has 15 heavy (non-hydrogen) atoms. The number of hydrogen-bond donors (Lipinski definition) is 0. The molecule has 1 rings (SSSR count). The molecule has 0 aliphatic carbocycles. The molecule has 0 amide bonds. The van der Waals surface area contributed by atoms with Crippen LogP contribution in [0.5, 0.6) is 0 Å². The average molecular weight is 235 g/mol. The van der Waals surface area contributed by atoms with Gasteiger partial charge in [0.15, 0.2) is 0 Å². The Hall–Kier alpha value is -1.28. The fraction of sp³-hybridized carbons (Fsp3) is 0.333. The molecule has 0 radical (unpaired) electrons. The summed E-state index contributed by atoms with van der Waals surface area (Å²) in [5, 5.41) is 8.46. The summed E-state index contributed by atoms with van der Waals surface area (Å²) < 4.78 is 38.0. The summed E-state index contributed by atoms with van der Waals surface area (Å²) in [7, 11) is 0. The van der Waals surface area contributed by atoms with Crippen LogP contribution < -0.4 is 0 Å². The largest absolute Gasteiger partial charge is 0.265 e. The molecular weight excluding hydrogens is 229 g/mol. The monoisotopic (exact) mass is 234 g/mol. The third-order valence-corrected chi connectivity index (χ3v) is 2.17. The van der Waals surface area contributed by atoms with Crippen LogP contribution >= 0.6 is 11.6 Å². The van der Waals surface area contributed by atoms with Gasteiger partial charge in [-0.2, -0.15) is 9.65 Å². The lowest BCUT2D eigenvalue weighted by atomic mass is 10.0. The Morgan fingerprint density at radius 1 is 1.47 bits per heavy atom. The molecule has 6 heteroatoms. The zero-order valence-electron chi connectivity index (χ0n) is 7.48. The standard InChI is InChI=1S/C9H6ClF3N2/c10-3-6-5(1-2-14)7(8(11)12)4-15-9(6)13/h4,8H,1,3H2. The zero-order valence-corrected chi connectivity index (χ0v) is 8.23. The SMILES string of the molecule is N#CCc1c(C(F)F)cnc(F)c1CCl. The zero-order chi connectivity index (χ0) is 11.4. The number of nitrogens with zero attached hydrogens (tertiary/aromatic N) is 2. The molecule has 1 aromatic heterocycles. The van der Waals surface area contributed by atoms with Crippen molar-refractivity contribution in [3.05, 3.63) is 28.8 Å². The van der Waals surface area contributed by atoms with Gasteiger partial charge in [-0.05, 0) is 5.56 Å². The van der Waals surface area contributed by atoms with Crippen LogP contribution in [0, 0.1) is 17.3 Å². The average Bonchev–Trinajstić information content (AvgIpc) is 2.18. The number of aromatic nitrogens is 1. The Kier molecular flexibility index (Phi) is 3.92. The molecule has 80 valence electrons. The number of nitriles is 1. The maximum absolute atomic E-state index is 13.1. The normalized spacial score (nSPS) is 10.4. The molecule has 0 spiro atoms. The van der Waals surface area contributed by atoms with Crippen molar-refractivity contribution in [1.29, 1.82) is 5.26 Å². The van der Waals surface area contributed by atoms with Crippen molar-refractivity contribution in [2.45, 2.75) is 18.7 Å². The molecule has 0 aliphatic rings.